The van der Waals surface area contributed by atoms with Crippen molar-refractivity contribution in [2.75, 3.05) is 6.54 Å². The Labute approximate surface area is 113 Å². The summed E-state index contributed by atoms with van der Waals surface area (Å²) in [4.78, 5) is 12.5. The second-order valence-electron chi connectivity index (χ2n) is 5.04. The summed E-state index contributed by atoms with van der Waals surface area (Å²) in [7, 11) is 1.84. The number of carbonyl (C=O) groups is 1. The lowest BCUT2D eigenvalue weighted by Gasteiger charge is -2.26. The number of halogens is 1. The molecule has 0 aliphatic carbocycles. The van der Waals surface area contributed by atoms with Gasteiger partial charge in [0.15, 0.2) is 5.78 Å². The molecule has 0 bridgehead atoms. The molecule has 18 heavy (non-hydrogen) atoms. The van der Waals surface area contributed by atoms with Crippen molar-refractivity contribution in [2.24, 2.45) is 7.05 Å². The lowest BCUT2D eigenvalue weighted by atomic mass is 9.87. The van der Waals surface area contributed by atoms with E-state index in [1.165, 1.54) is 0 Å². The van der Waals surface area contributed by atoms with E-state index in [0.717, 1.165) is 37.2 Å². The van der Waals surface area contributed by atoms with Crippen molar-refractivity contribution in [1.29, 1.82) is 0 Å². The molecule has 0 amide bonds. The fraction of sp³-hybridized carbons (Fsp3) is 0.692. The Balaban J connectivity index is 2.21. The molecule has 100 valence electrons. The van der Waals surface area contributed by atoms with Gasteiger partial charge in [0.05, 0.1) is 28.4 Å². The molecule has 0 radical (unpaired) electrons. The zero-order valence-corrected chi connectivity index (χ0v) is 12.0. The molecule has 1 aliphatic rings. The minimum absolute atomic E-state index is 0.229. The molecule has 1 aromatic rings. The topological polar surface area (TPSA) is 46.9 Å². The van der Waals surface area contributed by atoms with Gasteiger partial charge in [0.25, 0.3) is 0 Å². The van der Waals surface area contributed by atoms with Crippen molar-refractivity contribution < 1.29 is 4.79 Å². The highest BCUT2D eigenvalue weighted by molar-refractivity contribution is 6.32. The first-order chi connectivity index (χ1) is 8.50. The van der Waals surface area contributed by atoms with Crippen LogP contribution in [0, 0.1) is 6.92 Å². The molecule has 0 saturated carbocycles. The highest BCUT2D eigenvalue weighted by atomic mass is 35.5. The second kappa shape index (κ2) is 5.02. The van der Waals surface area contributed by atoms with Crippen molar-refractivity contribution in [1.82, 2.24) is 15.1 Å². The molecule has 2 heterocycles. The Bertz CT molecular complexity index is 461. The van der Waals surface area contributed by atoms with Crippen molar-refractivity contribution in [2.45, 2.75) is 45.1 Å². The minimum atomic E-state index is -0.346. The first-order valence-electron chi connectivity index (χ1n) is 6.46. The molecule has 1 unspecified atom stereocenters. The lowest BCUT2D eigenvalue weighted by molar-refractivity contribution is -0.124. The molecule has 1 aliphatic heterocycles. The number of aromatic nitrogens is 2. The van der Waals surface area contributed by atoms with Crippen LogP contribution < -0.4 is 5.32 Å². The summed E-state index contributed by atoms with van der Waals surface area (Å²) >= 11 is 6.20. The predicted octanol–water partition coefficient (Wildman–Crippen LogP) is 2.03. The van der Waals surface area contributed by atoms with Crippen LogP contribution in [0.1, 0.15) is 37.6 Å². The normalized spacial score (nSPS) is 23.6. The number of hydrogen-bond acceptors (Lipinski definition) is 3. The van der Waals surface area contributed by atoms with Crippen LogP contribution in [0.4, 0.5) is 0 Å². The lowest BCUT2D eigenvalue weighted by Crippen LogP contribution is -2.48. The third-order valence-corrected chi connectivity index (χ3v) is 4.46. The molecule has 0 aromatic carbocycles. The zero-order chi connectivity index (χ0) is 13.3. The average molecular weight is 270 g/mol. The van der Waals surface area contributed by atoms with Gasteiger partial charge < -0.3 is 5.32 Å². The van der Waals surface area contributed by atoms with E-state index < -0.39 is 0 Å². The summed E-state index contributed by atoms with van der Waals surface area (Å²) in [6.07, 6.45) is 3.19. The number of Topliss-reactive ketones (excluding diaryl/α,β-unsaturated/α-hetero) is 1. The van der Waals surface area contributed by atoms with Crippen LogP contribution in [0.15, 0.2) is 0 Å². The molecular formula is C13H20ClN3O. The molecule has 1 aromatic heterocycles. The molecule has 1 saturated heterocycles. The second-order valence-corrected chi connectivity index (χ2v) is 5.41. The van der Waals surface area contributed by atoms with Crippen molar-refractivity contribution >= 4 is 17.4 Å². The van der Waals surface area contributed by atoms with E-state index in [1.54, 1.807) is 4.68 Å². The van der Waals surface area contributed by atoms with Crippen LogP contribution in [0.5, 0.6) is 0 Å². The number of rotatable bonds is 4. The van der Waals surface area contributed by atoms with Gasteiger partial charge in [-0.2, -0.15) is 5.10 Å². The monoisotopic (exact) mass is 269 g/mol. The van der Waals surface area contributed by atoms with Crippen LogP contribution in [-0.4, -0.2) is 27.6 Å². The van der Waals surface area contributed by atoms with Crippen LogP contribution in [0.25, 0.3) is 0 Å². The molecule has 5 heteroatoms. The minimum Gasteiger partial charge on any atom is -0.305 e. The molecule has 1 fully saturated rings. The summed E-state index contributed by atoms with van der Waals surface area (Å²) in [6, 6.07) is 0. The Morgan fingerprint density at radius 1 is 1.61 bits per heavy atom. The quantitative estimate of drug-likeness (QED) is 0.910. The van der Waals surface area contributed by atoms with E-state index in [2.05, 4.69) is 17.3 Å². The van der Waals surface area contributed by atoms with Gasteiger partial charge >= 0.3 is 0 Å². The van der Waals surface area contributed by atoms with Gasteiger partial charge in [-0.05, 0) is 32.7 Å². The first-order valence-corrected chi connectivity index (χ1v) is 6.84. The van der Waals surface area contributed by atoms with Crippen LogP contribution in [-0.2, 0) is 18.3 Å². The average Bonchev–Trinajstić information content (AvgIpc) is 2.91. The van der Waals surface area contributed by atoms with E-state index in [0.29, 0.717) is 11.4 Å². The maximum absolute atomic E-state index is 12.5. The van der Waals surface area contributed by atoms with Gasteiger partial charge in [-0.3, -0.25) is 9.48 Å². The van der Waals surface area contributed by atoms with Crippen molar-refractivity contribution in [3.05, 3.63) is 16.4 Å². The van der Waals surface area contributed by atoms with Gasteiger partial charge in [-0.15, -0.1) is 0 Å². The fourth-order valence-corrected chi connectivity index (χ4v) is 2.96. The van der Waals surface area contributed by atoms with E-state index >= 15 is 0 Å². The number of aryl methyl sites for hydroxylation is 2. The Kier molecular flexibility index (Phi) is 3.78. The number of hydrogen-bond donors (Lipinski definition) is 1. The third kappa shape index (κ3) is 2.19. The molecule has 0 spiro atoms. The largest absolute Gasteiger partial charge is 0.305 e. The smallest absolute Gasteiger partial charge is 0.158 e. The molecular weight excluding hydrogens is 250 g/mol. The van der Waals surface area contributed by atoms with Gasteiger partial charge in [0.2, 0.25) is 0 Å². The third-order valence-electron chi connectivity index (χ3n) is 3.97. The fourth-order valence-electron chi connectivity index (χ4n) is 2.74. The summed E-state index contributed by atoms with van der Waals surface area (Å²) in [5.41, 5.74) is 1.26. The van der Waals surface area contributed by atoms with E-state index in [4.69, 9.17) is 11.6 Å². The van der Waals surface area contributed by atoms with E-state index in [-0.39, 0.29) is 11.3 Å². The van der Waals surface area contributed by atoms with Gasteiger partial charge in [-0.25, -0.2) is 0 Å². The Hall–Kier alpha value is -0.870. The maximum Gasteiger partial charge on any atom is 0.158 e. The van der Waals surface area contributed by atoms with E-state index in [1.807, 2.05) is 14.0 Å². The zero-order valence-electron chi connectivity index (χ0n) is 11.2. The summed E-state index contributed by atoms with van der Waals surface area (Å²) in [5, 5.41) is 8.23. The van der Waals surface area contributed by atoms with Crippen LogP contribution >= 0.6 is 11.6 Å². The maximum atomic E-state index is 12.5. The molecule has 4 nitrogen and oxygen atoms in total. The predicted molar refractivity (Wildman–Crippen MR) is 71.9 cm³/mol. The van der Waals surface area contributed by atoms with Crippen LogP contribution in [0.2, 0.25) is 5.02 Å². The van der Waals surface area contributed by atoms with Crippen molar-refractivity contribution in [3.63, 3.8) is 0 Å². The molecule has 2 rings (SSSR count). The van der Waals surface area contributed by atoms with Crippen LogP contribution in [0.3, 0.4) is 0 Å². The number of nitrogens with one attached hydrogen (secondary N) is 1. The number of ketones is 1. The van der Waals surface area contributed by atoms with E-state index in [9.17, 15) is 4.79 Å². The highest BCUT2D eigenvalue weighted by Crippen LogP contribution is 2.27. The molecule has 1 atom stereocenters. The van der Waals surface area contributed by atoms with Gasteiger partial charge in [0, 0.05) is 7.05 Å². The Morgan fingerprint density at radius 2 is 2.33 bits per heavy atom. The molecule has 1 N–H and O–H groups in total. The summed E-state index contributed by atoms with van der Waals surface area (Å²) in [5.74, 6) is 0.229. The van der Waals surface area contributed by atoms with Gasteiger partial charge in [0.1, 0.15) is 0 Å². The number of carbonyl (C=O) groups excluding carboxylic acids is 1. The standard InChI is InChI=1S/C13H20ClN3O/c1-4-13(6-5-7-15-13)11(18)8-10-12(14)9(2)16-17(10)3/h15H,4-8H2,1-3H3. The Morgan fingerprint density at radius 3 is 2.78 bits per heavy atom. The highest BCUT2D eigenvalue weighted by Gasteiger charge is 2.39. The number of nitrogens with zero attached hydrogens (tertiary/aromatic N) is 2. The SMILES string of the molecule is CCC1(C(=O)Cc2c(Cl)c(C)nn2C)CCCN1. The summed E-state index contributed by atoms with van der Waals surface area (Å²) < 4.78 is 1.72. The summed E-state index contributed by atoms with van der Waals surface area (Å²) in [6.45, 7) is 4.85. The van der Waals surface area contributed by atoms with Crippen molar-refractivity contribution in [3.8, 4) is 0 Å². The van der Waals surface area contributed by atoms with Gasteiger partial charge in [-0.1, -0.05) is 18.5 Å². The first kappa shape index (κ1) is 13.6.